The van der Waals surface area contributed by atoms with Crippen molar-refractivity contribution in [3.05, 3.63) is 0 Å². The largest absolute Gasteiger partial charge is 0.213 e. The number of fused-ring (bicyclic) bond motifs is 1. The Morgan fingerprint density at radius 2 is 1.92 bits per heavy atom. The molecule has 3 saturated heterocycles. The van der Waals surface area contributed by atoms with Crippen LogP contribution in [0.1, 0.15) is 38.5 Å². The van der Waals surface area contributed by atoms with Crippen LogP contribution >= 0.6 is 0 Å². The van der Waals surface area contributed by atoms with Crippen LogP contribution in [0.15, 0.2) is 0 Å². The Hall–Kier alpha value is -0.0800. The van der Waals surface area contributed by atoms with Crippen LogP contribution in [0, 0.1) is 5.41 Å². The zero-order chi connectivity index (χ0) is 7.55. The van der Waals surface area contributed by atoms with Crippen molar-refractivity contribution in [1.82, 2.24) is 10.0 Å². The summed E-state index contributed by atoms with van der Waals surface area (Å²) in [5.41, 5.74) is 1.51. The van der Waals surface area contributed by atoms with Gasteiger partial charge >= 0.3 is 0 Å². The lowest BCUT2D eigenvalue weighted by Gasteiger charge is -2.53. The van der Waals surface area contributed by atoms with Crippen molar-refractivity contribution in [3.8, 4) is 0 Å². The molecule has 0 amide bonds. The molecule has 5 rings (SSSR count). The third-order valence-electron chi connectivity index (χ3n) is 5.54. The van der Waals surface area contributed by atoms with Gasteiger partial charge < -0.3 is 0 Å². The molecule has 3 aliphatic heterocycles. The summed E-state index contributed by atoms with van der Waals surface area (Å²) in [6.07, 6.45) is 9.15. The molecule has 12 heavy (non-hydrogen) atoms. The van der Waals surface area contributed by atoms with Crippen molar-refractivity contribution in [1.29, 1.82) is 0 Å². The lowest BCUT2D eigenvalue weighted by atomic mass is 9.60. The van der Waals surface area contributed by atoms with Crippen LogP contribution < -0.4 is 0 Å². The molecule has 0 aromatic heterocycles. The highest BCUT2D eigenvalue weighted by Crippen LogP contribution is 2.86. The van der Waals surface area contributed by atoms with E-state index in [0.29, 0.717) is 5.66 Å². The molecule has 2 nitrogen and oxygen atoms in total. The van der Waals surface area contributed by atoms with E-state index in [-0.39, 0.29) is 0 Å². The van der Waals surface area contributed by atoms with Crippen LogP contribution in [0.2, 0.25) is 0 Å². The third-order valence-corrected chi connectivity index (χ3v) is 5.54. The zero-order valence-corrected chi connectivity index (χ0v) is 7.29. The van der Waals surface area contributed by atoms with Crippen LogP contribution in [0.3, 0.4) is 0 Å². The number of nitrogens with zero attached hydrogens (tertiary/aromatic N) is 2. The van der Waals surface area contributed by atoms with Crippen molar-refractivity contribution >= 4 is 0 Å². The Kier molecular flexibility index (Phi) is 0.561. The number of hydrazine groups is 1. The van der Waals surface area contributed by atoms with Crippen molar-refractivity contribution in [2.75, 3.05) is 0 Å². The van der Waals surface area contributed by atoms with Gasteiger partial charge in [-0.15, -0.1) is 0 Å². The van der Waals surface area contributed by atoms with Crippen LogP contribution in [-0.2, 0) is 0 Å². The summed E-state index contributed by atoms with van der Waals surface area (Å²) in [6.45, 7) is 0. The molecule has 2 spiro atoms. The smallest absolute Gasteiger partial charge is 0.108 e. The predicted octanol–water partition coefficient (Wildman–Crippen LogP) is 1.33. The van der Waals surface area contributed by atoms with Gasteiger partial charge in [-0.3, -0.25) is 0 Å². The number of hydrogen-bond donors (Lipinski definition) is 0. The van der Waals surface area contributed by atoms with Gasteiger partial charge in [0.05, 0.1) is 6.04 Å². The summed E-state index contributed by atoms with van der Waals surface area (Å²) >= 11 is 0. The molecular weight excluding hydrogens is 148 g/mol. The van der Waals surface area contributed by atoms with Gasteiger partial charge in [0, 0.05) is 11.5 Å². The molecular formula is C10H14N2. The number of piperidine rings is 1. The Morgan fingerprint density at radius 3 is 2.83 bits per heavy atom. The van der Waals surface area contributed by atoms with Gasteiger partial charge in [0.2, 0.25) is 0 Å². The number of hydrogen-bond acceptors (Lipinski definition) is 2. The topological polar surface area (TPSA) is 6.02 Å². The molecule has 2 heteroatoms. The Balaban J connectivity index is 1.77. The minimum Gasteiger partial charge on any atom is -0.213 e. The van der Waals surface area contributed by atoms with Crippen LogP contribution in [0.4, 0.5) is 0 Å². The predicted molar refractivity (Wildman–Crippen MR) is 44.1 cm³/mol. The van der Waals surface area contributed by atoms with Crippen molar-refractivity contribution in [2.45, 2.75) is 56.3 Å². The summed E-state index contributed by atoms with van der Waals surface area (Å²) < 4.78 is 0. The van der Waals surface area contributed by atoms with Gasteiger partial charge in [0.15, 0.2) is 0 Å². The molecule has 0 N–H and O–H groups in total. The van der Waals surface area contributed by atoms with E-state index in [0.717, 1.165) is 17.5 Å². The van der Waals surface area contributed by atoms with E-state index in [1.807, 2.05) is 0 Å². The second kappa shape index (κ2) is 1.20. The summed E-state index contributed by atoms with van der Waals surface area (Å²) in [6, 6.07) is 2.06. The maximum atomic E-state index is 2.74. The molecule has 0 aromatic carbocycles. The van der Waals surface area contributed by atoms with E-state index in [9.17, 15) is 0 Å². The van der Waals surface area contributed by atoms with Gasteiger partial charge in [-0.05, 0) is 25.7 Å². The van der Waals surface area contributed by atoms with Gasteiger partial charge in [0.25, 0.3) is 0 Å². The molecule has 3 heterocycles. The minimum atomic E-state index is 0.679. The van der Waals surface area contributed by atoms with Crippen molar-refractivity contribution in [2.24, 2.45) is 5.41 Å². The molecule has 5 fully saturated rings. The van der Waals surface area contributed by atoms with Gasteiger partial charge in [-0.1, -0.05) is 12.8 Å². The highest BCUT2D eigenvalue weighted by atomic mass is 16.0. The highest BCUT2D eigenvalue weighted by molar-refractivity contribution is 5.43. The average Bonchev–Trinajstić information content (AvgIpc) is 2.33. The van der Waals surface area contributed by atoms with Crippen LogP contribution in [-0.4, -0.2) is 27.8 Å². The Bertz CT molecular complexity index is 302. The van der Waals surface area contributed by atoms with Gasteiger partial charge in [-0.25, -0.2) is 10.0 Å². The Labute approximate surface area is 72.5 Å². The molecule has 64 valence electrons. The highest BCUT2D eigenvalue weighted by Gasteiger charge is 2.97. The van der Waals surface area contributed by atoms with E-state index in [2.05, 4.69) is 10.0 Å². The van der Waals surface area contributed by atoms with Gasteiger partial charge in [-0.2, -0.15) is 0 Å². The second-order valence-electron chi connectivity index (χ2n) is 5.42. The van der Waals surface area contributed by atoms with E-state index in [4.69, 9.17) is 0 Å². The summed E-state index contributed by atoms with van der Waals surface area (Å²) in [7, 11) is 0. The Morgan fingerprint density at radius 1 is 1.00 bits per heavy atom. The van der Waals surface area contributed by atoms with E-state index in [1.165, 1.54) is 25.7 Å². The lowest BCUT2D eigenvalue weighted by molar-refractivity contribution is -0.0799. The molecule has 0 aromatic rings. The van der Waals surface area contributed by atoms with Crippen molar-refractivity contribution < 1.29 is 0 Å². The maximum Gasteiger partial charge on any atom is 0.108 e. The SMILES string of the molecule is C1CCC23N4C5CCC2(C1)C5N43. The van der Waals surface area contributed by atoms with Crippen LogP contribution in [0.5, 0.6) is 0 Å². The first-order valence-electron chi connectivity index (χ1n) is 5.50. The van der Waals surface area contributed by atoms with Crippen LogP contribution in [0.25, 0.3) is 0 Å². The molecule has 6 unspecified atom stereocenters. The van der Waals surface area contributed by atoms with E-state index in [1.54, 1.807) is 12.8 Å². The average molecular weight is 162 g/mol. The summed E-state index contributed by atoms with van der Waals surface area (Å²) in [5.74, 6) is 0. The molecule has 2 saturated carbocycles. The monoisotopic (exact) mass is 162 g/mol. The first kappa shape index (κ1) is 5.61. The first-order valence-corrected chi connectivity index (χ1v) is 5.50. The lowest BCUT2D eigenvalue weighted by Crippen LogP contribution is -2.64. The van der Waals surface area contributed by atoms with Gasteiger partial charge in [0.1, 0.15) is 5.66 Å². The molecule has 6 atom stereocenters. The molecule has 0 radical (unpaired) electrons. The fourth-order valence-electron chi connectivity index (χ4n) is 5.34. The van der Waals surface area contributed by atoms with E-state index < -0.39 is 0 Å². The first-order chi connectivity index (χ1) is 5.92. The number of rotatable bonds is 0. The second-order valence-corrected chi connectivity index (χ2v) is 5.42. The fraction of sp³-hybridized carbons (Fsp3) is 1.00. The fourth-order valence-corrected chi connectivity index (χ4v) is 5.34. The minimum absolute atomic E-state index is 0.679. The molecule has 2 aliphatic carbocycles. The quantitative estimate of drug-likeness (QED) is 0.496. The summed E-state index contributed by atoms with van der Waals surface area (Å²) in [5, 5.41) is 5.45. The van der Waals surface area contributed by atoms with E-state index >= 15 is 0 Å². The molecule has 0 bridgehead atoms. The zero-order valence-electron chi connectivity index (χ0n) is 7.29. The summed E-state index contributed by atoms with van der Waals surface area (Å²) in [4.78, 5) is 0. The maximum absolute atomic E-state index is 2.74. The van der Waals surface area contributed by atoms with Crippen molar-refractivity contribution in [3.63, 3.8) is 0 Å². The standard InChI is InChI=1S/C10H14N2/c1-2-5-10-9(4-1)6-3-7-8(9)12(10)11(7)10/h7-8H,1-6H2. The third kappa shape index (κ3) is 0.252. The molecule has 5 aliphatic rings. The normalized spacial score (nSPS) is 80.0.